The molecular weight excluding hydrogens is 238 g/mol. The van der Waals surface area contributed by atoms with E-state index >= 15 is 0 Å². The first kappa shape index (κ1) is 14.1. The molecule has 3 nitrogen and oxygen atoms in total. The lowest BCUT2D eigenvalue weighted by molar-refractivity contribution is -0.144. The van der Waals surface area contributed by atoms with Crippen molar-refractivity contribution in [3.63, 3.8) is 0 Å². The van der Waals surface area contributed by atoms with Gasteiger partial charge in [-0.1, -0.05) is 43.7 Å². The Balaban J connectivity index is 1.88. The lowest BCUT2D eigenvalue weighted by atomic mass is 9.96. The Morgan fingerprint density at radius 1 is 1.37 bits per heavy atom. The van der Waals surface area contributed by atoms with E-state index in [-0.39, 0.29) is 6.04 Å². The first-order valence-electron chi connectivity index (χ1n) is 7.20. The minimum Gasteiger partial charge on any atom is -0.480 e. The molecule has 0 amide bonds. The van der Waals surface area contributed by atoms with E-state index in [4.69, 9.17) is 0 Å². The fourth-order valence-electron chi connectivity index (χ4n) is 2.85. The summed E-state index contributed by atoms with van der Waals surface area (Å²) in [6.45, 7) is 4.03. The summed E-state index contributed by atoms with van der Waals surface area (Å²) in [5.74, 6) is -0.176. The number of carboxylic acids is 1. The Kier molecular flexibility index (Phi) is 4.97. The van der Waals surface area contributed by atoms with Crippen LogP contribution >= 0.6 is 0 Å². The molecule has 1 aliphatic rings. The number of hydrogen-bond donors (Lipinski definition) is 1. The predicted molar refractivity (Wildman–Crippen MR) is 76.3 cm³/mol. The van der Waals surface area contributed by atoms with Crippen molar-refractivity contribution in [2.45, 2.75) is 44.6 Å². The van der Waals surface area contributed by atoms with Crippen LogP contribution in [0.3, 0.4) is 0 Å². The topological polar surface area (TPSA) is 40.5 Å². The van der Waals surface area contributed by atoms with Crippen molar-refractivity contribution in [2.75, 3.05) is 13.1 Å². The maximum atomic E-state index is 11.2. The van der Waals surface area contributed by atoms with Gasteiger partial charge in [-0.05, 0) is 43.8 Å². The number of likely N-dealkylation sites (tertiary alicyclic amines) is 1. The average Bonchev–Trinajstić information content (AvgIpc) is 2.46. The van der Waals surface area contributed by atoms with Crippen molar-refractivity contribution < 1.29 is 9.90 Å². The molecule has 104 valence electrons. The largest absolute Gasteiger partial charge is 0.480 e. The van der Waals surface area contributed by atoms with Crippen molar-refractivity contribution in [1.29, 1.82) is 0 Å². The molecule has 1 heterocycles. The van der Waals surface area contributed by atoms with Gasteiger partial charge in [0, 0.05) is 0 Å². The molecule has 19 heavy (non-hydrogen) atoms. The van der Waals surface area contributed by atoms with Gasteiger partial charge in [0.05, 0.1) is 0 Å². The summed E-state index contributed by atoms with van der Waals surface area (Å²) in [6.07, 6.45) is 3.99. The van der Waals surface area contributed by atoms with Gasteiger partial charge < -0.3 is 5.11 Å². The third kappa shape index (κ3) is 3.80. The molecule has 1 N–H and O–H groups in total. The molecule has 2 unspecified atom stereocenters. The molecule has 1 aromatic rings. The smallest absolute Gasteiger partial charge is 0.320 e. The minimum atomic E-state index is -0.660. The minimum absolute atomic E-state index is 0.267. The van der Waals surface area contributed by atoms with E-state index in [9.17, 15) is 9.90 Å². The van der Waals surface area contributed by atoms with Crippen LogP contribution in [0.25, 0.3) is 0 Å². The van der Waals surface area contributed by atoms with E-state index in [2.05, 4.69) is 36.1 Å². The van der Waals surface area contributed by atoms with Crippen LogP contribution in [0.15, 0.2) is 30.3 Å². The summed E-state index contributed by atoms with van der Waals surface area (Å²) in [6, 6.07) is 10.2. The summed E-state index contributed by atoms with van der Waals surface area (Å²) in [5, 5.41) is 9.25. The average molecular weight is 261 g/mol. The van der Waals surface area contributed by atoms with Crippen LogP contribution in [0.4, 0.5) is 0 Å². The number of rotatable bonds is 5. The summed E-state index contributed by atoms with van der Waals surface area (Å²) >= 11 is 0. The highest BCUT2D eigenvalue weighted by Gasteiger charge is 2.28. The molecule has 1 fully saturated rings. The second kappa shape index (κ2) is 6.71. The van der Waals surface area contributed by atoms with Crippen LogP contribution < -0.4 is 0 Å². The SMILES string of the molecule is CC(CCN1CCCCC1C(=O)O)c1ccccc1. The molecule has 0 saturated carbocycles. The Bertz CT molecular complexity index is 404. The van der Waals surface area contributed by atoms with Crippen molar-refractivity contribution in [3.05, 3.63) is 35.9 Å². The van der Waals surface area contributed by atoms with Gasteiger partial charge in [-0.2, -0.15) is 0 Å². The Morgan fingerprint density at radius 3 is 2.79 bits per heavy atom. The van der Waals surface area contributed by atoms with Gasteiger partial charge in [0.25, 0.3) is 0 Å². The highest BCUT2D eigenvalue weighted by atomic mass is 16.4. The molecule has 0 spiro atoms. The monoisotopic (exact) mass is 261 g/mol. The van der Waals surface area contributed by atoms with Crippen LogP contribution in [-0.4, -0.2) is 35.1 Å². The zero-order valence-electron chi connectivity index (χ0n) is 11.6. The number of nitrogens with zero attached hydrogens (tertiary/aromatic N) is 1. The lowest BCUT2D eigenvalue weighted by Crippen LogP contribution is -2.45. The first-order valence-corrected chi connectivity index (χ1v) is 7.20. The van der Waals surface area contributed by atoms with Gasteiger partial charge in [-0.25, -0.2) is 0 Å². The first-order chi connectivity index (χ1) is 9.18. The van der Waals surface area contributed by atoms with E-state index < -0.39 is 5.97 Å². The molecule has 2 atom stereocenters. The van der Waals surface area contributed by atoms with E-state index in [1.54, 1.807) is 0 Å². The third-order valence-electron chi connectivity index (χ3n) is 4.12. The standard InChI is InChI=1S/C16H23NO2/c1-13(14-7-3-2-4-8-14)10-12-17-11-6-5-9-15(17)16(18)19/h2-4,7-8,13,15H,5-6,9-12H2,1H3,(H,18,19). The molecule has 2 rings (SSSR count). The number of aliphatic carboxylic acids is 1. The lowest BCUT2D eigenvalue weighted by Gasteiger charge is -2.33. The van der Waals surface area contributed by atoms with E-state index in [0.29, 0.717) is 5.92 Å². The maximum absolute atomic E-state index is 11.2. The van der Waals surface area contributed by atoms with Crippen LogP contribution in [0, 0.1) is 0 Å². The van der Waals surface area contributed by atoms with Gasteiger partial charge >= 0.3 is 5.97 Å². The van der Waals surface area contributed by atoms with E-state index in [0.717, 1.165) is 38.8 Å². The molecule has 0 aliphatic carbocycles. The van der Waals surface area contributed by atoms with Gasteiger partial charge in [-0.3, -0.25) is 9.69 Å². The second-order valence-corrected chi connectivity index (χ2v) is 5.49. The zero-order valence-corrected chi connectivity index (χ0v) is 11.6. The molecule has 0 bridgehead atoms. The van der Waals surface area contributed by atoms with Crippen LogP contribution in [0.5, 0.6) is 0 Å². The van der Waals surface area contributed by atoms with E-state index in [1.165, 1.54) is 5.56 Å². The summed E-state index contributed by atoms with van der Waals surface area (Å²) in [4.78, 5) is 13.4. The third-order valence-corrected chi connectivity index (χ3v) is 4.12. The zero-order chi connectivity index (χ0) is 13.7. The number of carbonyl (C=O) groups is 1. The van der Waals surface area contributed by atoms with Gasteiger partial charge in [0.15, 0.2) is 0 Å². The Morgan fingerprint density at radius 2 is 2.11 bits per heavy atom. The summed E-state index contributed by atoms with van der Waals surface area (Å²) in [7, 11) is 0. The van der Waals surface area contributed by atoms with E-state index in [1.807, 2.05) is 6.07 Å². The quantitative estimate of drug-likeness (QED) is 0.885. The molecular formula is C16H23NO2. The van der Waals surface area contributed by atoms with Crippen LogP contribution in [0.2, 0.25) is 0 Å². The number of benzene rings is 1. The molecule has 1 aromatic carbocycles. The highest BCUT2D eigenvalue weighted by molar-refractivity contribution is 5.73. The second-order valence-electron chi connectivity index (χ2n) is 5.49. The van der Waals surface area contributed by atoms with Gasteiger partial charge in [0.1, 0.15) is 6.04 Å². The number of hydrogen-bond acceptors (Lipinski definition) is 2. The van der Waals surface area contributed by atoms with Crippen molar-refractivity contribution in [2.24, 2.45) is 0 Å². The van der Waals surface area contributed by atoms with Gasteiger partial charge in [-0.15, -0.1) is 0 Å². The molecule has 3 heteroatoms. The molecule has 0 aromatic heterocycles. The Labute approximate surface area is 115 Å². The van der Waals surface area contributed by atoms with Crippen LogP contribution in [-0.2, 0) is 4.79 Å². The molecule has 1 aliphatic heterocycles. The van der Waals surface area contributed by atoms with Crippen molar-refractivity contribution >= 4 is 5.97 Å². The van der Waals surface area contributed by atoms with Crippen molar-refractivity contribution in [1.82, 2.24) is 4.90 Å². The fourth-order valence-corrected chi connectivity index (χ4v) is 2.85. The Hall–Kier alpha value is -1.35. The molecule has 1 saturated heterocycles. The summed E-state index contributed by atoms with van der Waals surface area (Å²) in [5.41, 5.74) is 1.34. The summed E-state index contributed by atoms with van der Waals surface area (Å²) < 4.78 is 0. The predicted octanol–water partition coefficient (Wildman–Crippen LogP) is 3.12. The maximum Gasteiger partial charge on any atom is 0.320 e. The normalized spacial score (nSPS) is 22.1. The van der Waals surface area contributed by atoms with Crippen molar-refractivity contribution in [3.8, 4) is 0 Å². The van der Waals surface area contributed by atoms with Crippen LogP contribution in [0.1, 0.15) is 44.1 Å². The number of carboxylic acid groups (broad SMARTS) is 1. The number of piperidine rings is 1. The van der Waals surface area contributed by atoms with Gasteiger partial charge in [0.2, 0.25) is 0 Å². The molecule has 0 radical (unpaired) electrons. The highest BCUT2D eigenvalue weighted by Crippen LogP contribution is 2.22. The fraction of sp³-hybridized carbons (Fsp3) is 0.562.